The maximum Gasteiger partial charge on any atom is 0.410 e. The number of carbonyl (C=O) groups is 1. The summed E-state index contributed by atoms with van der Waals surface area (Å²) in [6.07, 6.45) is -0.240. The molecule has 1 fully saturated rings. The number of amides is 1. The Bertz CT molecular complexity index is 1470. The van der Waals surface area contributed by atoms with Crippen LogP contribution < -0.4 is 0 Å². The van der Waals surface area contributed by atoms with Gasteiger partial charge in [0, 0.05) is 32.7 Å². The van der Waals surface area contributed by atoms with Crippen LogP contribution in [0.3, 0.4) is 0 Å². The van der Waals surface area contributed by atoms with Crippen molar-refractivity contribution in [1.82, 2.24) is 19.8 Å². The Morgan fingerprint density at radius 2 is 1.38 bits per heavy atom. The van der Waals surface area contributed by atoms with Crippen LogP contribution in [0.15, 0.2) is 109 Å². The number of hydrogen-bond acceptors (Lipinski definition) is 4. The van der Waals surface area contributed by atoms with Gasteiger partial charge in [0.25, 0.3) is 0 Å². The van der Waals surface area contributed by atoms with Crippen LogP contribution in [0.2, 0.25) is 0 Å². The van der Waals surface area contributed by atoms with Gasteiger partial charge >= 0.3 is 6.09 Å². The van der Waals surface area contributed by atoms with Gasteiger partial charge in [-0.1, -0.05) is 97.1 Å². The Morgan fingerprint density at radius 3 is 2.03 bits per heavy atom. The predicted octanol–water partition coefficient (Wildman–Crippen LogP) is 6.20. The number of piperazine rings is 1. The van der Waals surface area contributed by atoms with Gasteiger partial charge in [-0.2, -0.15) is 0 Å². The van der Waals surface area contributed by atoms with Crippen molar-refractivity contribution < 1.29 is 9.53 Å². The standard InChI is InChI=1S/C33H32N4O2/c38-33(39-24-25-10-4-1-5-11-25)37-20-18-36(19-21-37)23-26-16-17-29-30(22-26)35-32(34-29)31(27-12-6-2-7-13-27)28-14-8-3-9-15-28/h1-17,22,31H,18-21,23-24H2,(H,34,35). The number of imidazole rings is 1. The van der Waals surface area contributed by atoms with Gasteiger partial charge in [-0.05, 0) is 34.4 Å². The molecule has 1 aromatic heterocycles. The predicted molar refractivity (Wildman–Crippen MR) is 153 cm³/mol. The van der Waals surface area contributed by atoms with E-state index >= 15 is 0 Å². The third-order valence-corrected chi connectivity index (χ3v) is 7.35. The lowest BCUT2D eigenvalue weighted by Crippen LogP contribution is -2.48. The molecule has 6 heteroatoms. The second-order valence-corrected chi connectivity index (χ2v) is 10.0. The first-order chi connectivity index (χ1) is 19.2. The van der Waals surface area contributed by atoms with Gasteiger partial charge in [-0.15, -0.1) is 0 Å². The molecule has 1 aliphatic rings. The number of aromatic amines is 1. The van der Waals surface area contributed by atoms with Crippen LogP contribution in [0.25, 0.3) is 11.0 Å². The van der Waals surface area contributed by atoms with E-state index in [1.807, 2.05) is 42.5 Å². The van der Waals surface area contributed by atoms with Crippen LogP contribution in [0, 0.1) is 0 Å². The summed E-state index contributed by atoms with van der Waals surface area (Å²) in [5, 5.41) is 0. The lowest BCUT2D eigenvalue weighted by Gasteiger charge is -2.34. The lowest BCUT2D eigenvalue weighted by molar-refractivity contribution is 0.0700. The number of H-pyrrole nitrogens is 1. The van der Waals surface area contributed by atoms with Crippen LogP contribution in [-0.4, -0.2) is 52.0 Å². The largest absolute Gasteiger partial charge is 0.445 e. The molecule has 0 saturated carbocycles. The minimum atomic E-state index is -0.240. The number of nitrogens with zero attached hydrogens (tertiary/aromatic N) is 3. The molecule has 4 aromatic carbocycles. The molecule has 1 aliphatic heterocycles. The maximum atomic E-state index is 12.5. The fourth-order valence-corrected chi connectivity index (χ4v) is 5.26. The quantitative estimate of drug-likeness (QED) is 0.280. The smallest absolute Gasteiger partial charge is 0.410 e. The molecule has 0 atom stereocenters. The number of fused-ring (bicyclic) bond motifs is 1. The molecular weight excluding hydrogens is 484 g/mol. The van der Waals surface area contributed by atoms with Gasteiger partial charge in [-0.25, -0.2) is 9.78 Å². The summed E-state index contributed by atoms with van der Waals surface area (Å²) in [6.45, 7) is 4.09. The van der Waals surface area contributed by atoms with Crippen molar-refractivity contribution in [3.05, 3.63) is 137 Å². The molecule has 0 aliphatic carbocycles. The number of hydrogen-bond donors (Lipinski definition) is 1. The first-order valence-corrected chi connectivity index (χ1v) is 13.5. The lowest BCUT2D eigenvalue weighted by atomic mass is 9.91. The Hall–Kier alpha value is -4.42. The third-order valence-electron chi connectivity index (χ3n) is 7.35. The molecule has 39 heavy (non-hydrogen) atoms. The molecule has 0 spiro atoms. The van der Waals surface area contributed by atoms with E-state index in [0.29, 0.717) is 19.7 Å². The summed E-state index contributed by atoms with van der Waals surface area (Å²) >= 11 is 0. The Labute approximate surface area is 228 Å². The van der Waals surface area contributed by atoms with Gasteiger partial charge in [0.1, 0.15) is 12.4 Å². The number of carbonyl (C=O) groups excluding carboxylic acids is 1. The van der Waals surface area contributed by atoms with Crippen LogP contribution >= 0.6 is 0 Å². The fourth-order valence-electron chi connectivity index (χ4n) is 5.26. The van der Waals surface area contributed by atoms with E-state index in [9.17, 15) is 4.79 Å². The van der Waals surface area contributed by atoms with Gasteiger partial charge in [0.05, 0.1) is 17.0 Å². The van der Waals surface area contributed by atoms with Gasteiger partial charge in [-0.3, -0.25) is 4.90 Å². The zero-order chi connectivity index (χ0) is 26.4. The zero-order valence-corrected chi connectivity index (χ0v) is 21.9. The van der Waals surface area contributed by atoms with Gasteiger partial charge in [0.2, 0.25) is 0 Å². The van der Waals surface area contributed by atoms with E-state index in [1.165, 1.54) is 16.7 Å². The first kappa shape index (κ1) is 24.9. The highest BCUT2D eigenvalue weighted by Gasteiger charge is 2.23. The number of ether oxygens (including phenoxy) is 1. The first-order valence-electron chi connectivity index (χ1n) is 13.5. The van der Waals surface area contributed by atoms with E-state index in [-0.39, 0.29) is 12.0 Å². The zero-order valence-electron chi connectivity index (χ0n) is 21.9. The number of rotatable bonds is 7. The van der Waals surface area contributed by atoms with E-state index in [4.69, 9.17) is 9.72 Å². The van der Waals surface area contributed by atoms with E-state index < -0.39 is 0 Å². The fraction of sp³-hybridized carbons (Fsp3) is 0.212. The molecular formula is C33H32N4O2. The van der Waals surface area contributed by atoms with Crippen LogP contribution in [0.1, 0.15) is 34.0 Å². The molecule has 1 N–H and O–H groups in total. The average molecular weight is 517 g/mol. The molecule has 196 valence electrons. The SMILES string of the molecule is O=C(OCc1ccccc1)N1CCN(Cc2ccc3[nH]c(C(c4ccccc4)c4ccccc4)nc3c2)CC1. The molecule has 2 heterocycles. The average Bonchev–Trinajstić information content (AvgIpc) is 3.41. The maximum absolute atomic E-state index is 12.5. The molecule has 1 amide bonds. The normalized spacial score (nSPS) is 14.1. The number of benzene rings is 4. The van der Waals surface area contributed by atoms with Crippen molar-refractivity contribution in [2.45, 2.75) is 19.1 Å². The Morgan fingerprint density at radius 1 is 0.769 bits per heavy atom. The van der Waals surface area contributed by atoms with Crippen LogP contribution in [0.4, 0.5) is 4.79 Å². The Kier molecular flexibility index (Phi) is 7.36. The molecule has 0 radical (unpaired) electrons. The third kappa shape index (κ3) is 5.86. The van der Waals surface area contributed by atoms with E-state index in [2.05, 4.69) is 76.6 Å². The highest BCUT2D eigenvalue weighted by molar-refractivity contribution is 5.76. The Balaban J connectivity index is 1.11. The van der Waals surface area contributed by atoms with Crippen molar-refractivity contribution in [3.63, 3.8) is 0 Å². The van der Waals surface area contributed by atoms with Crippen molar-refractivity contribution >= 4 is 17.1 Å². The van der Waals surface area contributed by atoms with Crippen molar-refractivity contribution in [1.29, 1.82) is 0 Å². The highest BCUT2D eigenvalue weighted by atomic mass is 16.6. The summed E-state index contributed by atoms with van der Waals surface area (Å²) < 4.78 is 5.51. The highest BCUT2D eigenvalue weighted by Crippen LogP contribution is 2.31. The molecule has 0 bridgehead atoms. The number of aromatic nitrogens is 2. The van der Waals surface area contributed by atoms with Crippen molar-refractivity contribution in [2.24, 2.45) is 0 Å². The molecule has 6 nitrogen and oxygen atoms in total. The molecule has 0 unspecified atom stereocenters. The second kappa shape index (κ2) is 11.5. The van der Waals surface area contributed by atoms with Gasteiger partial charge in [0.15, 0.2) is 0 Å². The topological polar surface area (TPSA) is 61.5 Å². The van der Waals surface area contributed by atoms with Crippen LogP contribution in [0.5, 0.6) is 0 Å². The van der Waals surface area contributed by atoms with Gasteiger partial charge < -0.3 is 14.6 Å². The van der Waals surface area contributed by atoms with Crippen molar-refractivity contribution in [3.8, 4) is 0 Å². The molecule has 6 rings (SSSR count). The van der Waals surface area contributed by atoms with Crippen LogP contribution in [-0.2, 0) is 17.9 Å². The minimum Gasteiger partial charge on any atom is -0.445 e. The molecule has 5 aromatic rings. The monoisotopic (exact) mass is 516 g/mol. The van der Waals surface area contributed by atoms with E-state index in [0.717, 1.165) is 42.1 Å². The van der Waals surface area contributed by atoms with E-state index in [1.54, 1.807) is 4.90 Å². The minimum absolute atomic E-state index is 0.0398. The van der Waals surface area contributed by atoms with Crippen molar-refractivity contribution in [2.75, 3.05) is 26.2 Å². The summed E-state index contributed by atoms with van der Waals surface area (Å²) in [4.78, 5) is 25.3. The second-order valence-electron chi connectivity index (χ2n) is 10.0. The summed E-state index contributed by atoms with van der Waals surface area (Å²) in [6, 6.07) is 37.3. The molecule has 1 saturated heterocycles. The summed E-state index contributed by atoms with van der Waals surface area (Å²) in [7, 11) is 0. The summed E-state index contributed by atoms with van der Waals surface area (Å²) in [5.74, 6) is 0.986. The number of nitrogens with one attached hydrogen (secondary N) is 1. The summed E-state index contributed by atoms with van der Waals surface area (Å²) in [5.41, 5.74) is 6.65.